The molecule has 7 nitrogen and oxygen atoms in total. The Morgan fingerprint density at radius 3 is 2.35 bits per heavy atom. The van der Waals surface area contributed by atoms with Crippen LogP contribution in [0.15, 0.2) is 42.5 Å². The molecule has 0 radical (unpaired) electrons. The van der Waals surface area contributed by atoms with Crippen molar-refractivity contribution in [3.63, 3.8) is 0 Å². The third-order valence-corrected chi connectivity index (χ3v) is 3.34. The number of amides is 1. The Morgan fingerprint density at radius 2 is 1.77 bits per heavy atom. The third-order valence-electron chi connectivity index (χ3n) is 3.34. The number of rotatable bonds is 4. The average molecular weight is 368 g/mol. The monoisotopic (exact) mass is 368 g/mol. The zero-order chi connectivity index (χ0) is 19.5. The molecular formula is C16H11F3N2O5. The topological polar surface area (TPSA) is 98.5 Å². The second kappa shape index (κ2) is 7.21. The van der Waals surface area contributed by atoms with Crippen LogP contribution in [-0.2, 0) is 10.9 Å². The zero-order valence-electron chi connectivity index (χ0n) is 13.2. The van der Waals surface area contributed by atoms with Crippen LogP contribution < -0.4 is 5.32 Å². The van der Waals surface area contributed by atoms with Gasteiger partial charge < -0.3 is 10.1 Å². The number of methoxy groups -OCH3 is 1. The summed E-state index contributed by atoms with van der Waals surface area (Å²) in [7, 11) is 1.05. The molecule has 2 aromatic rings. The van der Waals surface area contributed by atoms with Crippen molar-refractivity contribution in [2.24, 2.45) is 0 Å². The van der Waals surface area contributed by atoms with E-state index in [1.54, 1.807) is 0 Å². The number of nitro benzene ring substituents is 1. The standard InChI is InChI=1S/C16H11F3N2O5/c1-26-15(23)11-7-6-9(21(24)25)8-13(11)20-14(22)10-4-2-3-5-12(10)16(17,18)19/h2-8H,1H3,(H,20,22). The van der Waals surface area contributed by atoms with Gasteiger partial charge in [0, 0.05) is 12.1 Å². The molecule has 0 atom stereocenters. The summed E-state index contributed by atoms with van der Waals surface area (Å²) in [6, 6.07) is 6.93. The maximum atomic E-state index is 13.0. The van der Waals surface area contributed by atoms with Crippen LogP contribution in [0.4, 0.5) is 24.5 Å². The van der Waals surface area contributed by atoms with E-state index >= 15 is 0 Å². The van der Waals surface area contributed by atoms with Crippen LogP contribution >= 0.6 is 0 Å². The van der Waals surface area contributed by atoms with E-state index in [2.05, 4.69) is 10.1 Å². The number of non-ortho nitro benzene ring substituents is 1. The second-order valence-corrected chi connectivity index (χ2v) is 4.98. The largest absolute Gasteiger partial charge is 0.465 e. The fraction of sp³-hybridized carbons (Fsp3) is 0.125. The number of anilines is 1. The smallest absolute Gasteiger partial charge is 0.417 e. The van der Waals surface area contributed by atoms with Crippen molar-refractivity contribution in [1.29, 1.82) is 0 Å². The summed E-state index contributed by atoms with van der Waals surface area (Å²) < 4.78 is 43.6. The number of nitrogens with zero attached hydrogens (tertiary/aromatic N) is 1. The highest BCUT2D eigenvalue weighted by Gasteiger charge is 2.35. The Morgan fingerprint density at radius 1 is 1.12 bits per heavy atom. The van der Waals surface area contributed by atoms with E-state index in [-0.39, 0.29) is 11.3 Å². The fourth-order valence-corrected chi connectivity index (χ4v) is 2.16. The van der Waals surface area contributed by atoms with Gasteiger partial charge >= 0.3 is 12.1 Å². The first-order valence-electron chi connectivity index (χ1n) is 6.99. The Bertz CT molecular complexity index is 880. The van der Waals surface area contributed by atoms with E-state index in [0.717, 1.165) is 43.5 Å². The lowest BCUT2D eigenvalue weighted by atomic mass is 10.1. The van der Waals surface area contributed by atoms with Crippen molar-refractivity contribution in [2.45, 2.75) is 6.18 Å². The van der Waals surface area contributed by atoms with Crippen molar-refractivity contribution in [2.75, 3.05) is 12.4 Å². The van der Waals surface area contributed by atoms with Gasteiger partial charge in [-0.25, -0.2) is 4.79 Å². The predicted octanol–water partition coefficient (Wildman–Crippen LogP) is 3.65. The zero-order valence-corrected chi connectivity index (χ0v) is 13.2. The molecule has 0 aliphatic heterocycles. The molecule has 1 amide bonds. The minimum atomic E-state index is -4.78. The lowest BCUT2D eigenvalue weighted by Gasteiger charge is -2.14. The molecule has 1 N–H and O–H groups in total. The van der Waals surface area contributed by atoms with Crippen LogP contribution in [0, 0.1) is 10.1 Å². The lowest BCUT2D eigenvalue weighted by Crippen LogP contribution is -2.20. The number of carbonyl (C=O) groups is 2. The van der Waals surface area contributed by atoms with Crippen molar-refractivity contribution >= 4 is 23.3 Å². The van der Waals surface area contributed by atoms with Crippen molar-refractivity contribution in [3.8, 4) is 0 Å². The van der Waals surface area contributed by atoms with Crippen LogP contribution in [0.3, 0.4) is 0 Å². The summed E-state index contributed by atoms with van der Waals surface area (Å²) in [5.74, 6) is -2.09. The second-order valence-electron chi connectivity index (χ2n) is 4.98. The van der Waals surface area contributed by atoms with Crippen molar-refractivity contribution in [3.05, 3.63) is 69.3 Å². The molecule has 0 aliphatic carbocycles. The Kier molecular flexibility index (Phi) is 5.24. The molecule has 0 spiro atoms. The first-order valence-corrected chi connectivity index (χ1v) is 6.99. The van der Waals surface area contributed by atoms with Crippen LogP contribution in [-0.4, -0.2) is 23.9 Å². The van der Waals surface area contributed by atoms with E-state index in [9.17, 15) is 32.9 Å². The lowest BCUT2D eigenvalue weighted by molar-refractivity contribution is -0.384. The normalized spacial score (nSPS) is 10.9. The molecule has 10 heteroatoms. The van der Waals surface area contributed by atoms with Crippen LogP contribution in [0.5, 0.6) is 0 Å². The van der Waals surface area contributed by atoms with Gasteiger partial charge in [-0.2, -0.15) is 13.2 Å². The van der Waals surface area contributed by atoms with Gasteiger partial charge in [-0.1, -0.05) is 12.1 Å². The van der Waals surface area contributed by atoms with Gasteiger partial charge in [0.1, 0.15) is 0 Å². The molecule has 0 saturated carbocycles. The number of halogens is 3. The van der Waals surface area contributed by atoms with E-state index in [4.69, 9.17) is 0 Å². The molecule has 0 saturated heterocycles. The number of nitrogens with one attached hydrogen (secondary N) is 1. The molecule has 0 heterocycles. The third kappa shape index (κ3) is 3.97. The first kappa shape index (κ1) is 18.9. The van der Waals surface area contributed by atoms with E-state index in [1.165, 1.54) is 6.07 Å². The summed E-state index contributed by atoms with van der Waals surface area (Å²) in [6.45, 7) is 0. The predicted molar refractivity (Wildman–Crippen MR) is 83.8 cm³/mol. The number of benzene rings is 2. The number of alkyl halides is 3. The average Bonchev–Trinajstić information content (AvgIpc) is 2.60. The van der Waals surface area contributed by atoms with Gasteiger partial charge in [-0.3, -0.25) is 14.9 Å². The molecule has 2 aromatic carbocycles. The summed E-state index contributed by atoms with van der Waals surface area (Å²) in [5, 5.41) is 13.0. The van der Waals surface area contributed by atoms with Gasteiger partial charge in [0.05, 0.1) is 34.4 Å². The molecule has 0 aromatic heterocycles. The number of esters is 1. The van der Waals surface area contributed by atoms with Crippen LogP contribution in [0.25, 0.3) is 0 Å². The minimum Gasteiger partial charge on any atom is -0.465 e. The number of nitro groups is 1. The SMILES string of the molecule is COC(=O)c1ccc([N+](=O)[O-])cc1NC(=O)c1ccccc1C(F)(F)F. The Labute approximate surface area is 144 Å². The molecule has 136 valence electrons. The highest BCUT2D eigenvalue weighted by Crippen LogP contribution is 2.32. The summed E-state index contributed by atoms with van der Waals surface area (Å²) in [6.07, 6.45) is -4.78. The van der Waals surface area contributed by atoms with Crippen molar-refractivity contribution in [1.82, 2.24) is 0 Å². The molecule has 26 heavy (non-hydrogen) atoms. The summed E-state index contributed by atoms with van der Waals surface area (Å²) >= 11 is 0. The Balaban J connectivity index is 2.48. The van der Waals surface area contributed by atoms with Gasteiger partial charge in [0.25, 0.3) is 11.6 Å². The number of hydrogen-bond donors (Lipinski definition) is 1. The number of ether oxygens (including phenoxy) is 1. The molecule has 0 fully saturated rings. The van der Waals surface area contributed by atoms with Gasteiger partial charge in [0.15, 0.2) is 0 Å². The van der Waals surface area contributed by atoms with E-state index in [1.807, 2.05) is 0 Å². The van der Waals surface area contributed by atoms with Gasteiger partial charge in [0.2, 0.25) is 0 Å². The molecule has 0 bridgehead atoms. The van der Waals surface area contributed by atoms with E-state index in [0.29, 0.717) is 0 Å². The molecule has 0 aliphatic rings. The molecule has 0 unspecified atom stereocenters. The summed E-state index contributed by atoms with van der Waals surface area (Å²) in [4.78, 5) is 34.1. The molecule has 2 rings (SSSR count). The van der Waals surface area contributed by atoms with E-state index < -0.39 is 39.8 Å². The van der Waals surface area contributed by atoms with Gasteiger partial charge in [-0.05, 0) is 18.2 Å². The van der Waals surface area contributed by atoms with Crippen molar-refractivity contribution < 1.29 is 32.4 Å². The Hall–Kier alpha value is -3.43. The molecular weight excluding hydrogens is 357 g/mol. The number of hydrogen-bond acceptors (Lipinski definition) is 5. The number of carbonyl (C=O) groups excluding carboxylic acids is 2. The maximum Gasteiger partial charge on any atom is 0.417 e. The quantitative estimate of drug-likeness (QED) is 0.505. The maximum absolute atomic E-state index is 13.0. The van der Waals surface area contributed by atoms with Crippen LogP contribution in [0.2, 0.25) is 0 Å². The highest BCUT2D eigenvalue weighted by atomic mass is 19.4. The minimum absolute atomic E-state index is 0.240. The van der Waals surface area contributed by atoms with Crippen LogP contribution in [0.1, 0.15) is 26.3 Å². The first-order chi connectivity index (χ1) is 12.1. The highest BCUT2D eigenvalue weighted by molar-refractivity contribution is 6.09. The van der Waals surface area contributed by atoms with Gasteiger partial charge in [-0.15, -0.1) is 0 Å². The fourth-order valence-electron chi connectivity index (χ4n) is 2.16. The summed E-state index contributed by atoms with van der Waals surface area (Å²) in [5.41, 5.74) is -2.91.